The van der Waals surface area contributed by atoms with E-state index in [0.717, 1.165) is 6.42 Å². The van der Waals surface area contributed by atoms with E-state index in [4.69, 9.17) is 11.6 Å². The minimum Gasteiger partial charge on any atom is -0.214 e. The van der Waals surface area contributed by atoms with Gasteiger partial charge < -0.3 is 0 Å². The fourth-order valence-electron chi connectivity index (χ4n) is 0.807. The van der Waals surface area contributed by atoms with Gasteiger partial charge in [0.1, 0.15) is 0 Å². The molecule has 0 heterocycles. The minimum absolute atomic E-state index is 0.0797. The van der Waals surface area contributed by atoms with Gasteiger partial charge in [-0.1, -0.05) is 13.8 Å². The zero-order valence-electron chi connectivity index (χ0n) is 9.30. The molecule has 0 fully saturated rings. The van der Waals surface area contributed by atoms with Gasteiger partial charge in [-0.2, -0.15) is 0 Å². The van der Waals surface area contributed by atoms with Crippen LogP contribution in [-0.4, -0.2) is 26.1 Å². The minimum atomic E-state index is -3.14. The van der Waals surface area contributed by atoms with Crippen molar-refractivity contribution in [1.29, 1.82) is 0 Å². The van der Waals surface area contributed by atoms with Crippen LogP contribution in [0, 0.1) is 5.41 Å². The van der Waals surface area contributed by atoms with E-state index in [9.17, 15) is 8.42 Å². The first-order valence-electron chi connectivity index (χ1n) is 4.76. The van der Waals surface area contributed by atoms with Crippen LogP contribution in [0.3, 0.4) is 0 Å². The quantitative estimate of drug-likeness (QED) is 0.723. The number of sulfonamides is 1. The Morgan fingerprint density at radius 1 is 1.36 bits per heavy atom. The van der Waals surface area contributed by atoms with Crippen LogP contribution in [0.2, 0.25) is 0 Å². The Kier molecular flexibility index (Phi) is 5.41. The number of hydrogen-bond acceptors (Lipinski definition) is 2. The van der Waals surface area contributed by atoms with Crippen molar-refractivity contribution >= 4 is 21.6 Å². The van der Waals surface area contributed by atoms with Crippen molar-refractivity contribution in [3.8, 4) is 0 Å². The second-order valence-electron chi connectivity index (χ2n) is 4.52. The van der Waals surface area contributed by atoms with Crippen LogP contribution in [0.15, 0.2) is 0 Å². The van der Waals surface area contributed by atoms with Crippen molar-refractivity contribution in [2.75, 3.05) is 12.4 Å². The van der Waals surface area contributed by atoms with E-state index in [1.165, 1.54) is 0 Å². The predicted molar refractivity (Wildman–Crippen MR) is 61.2 cm³/mol. The van der Waals surface area contributed by atoms with Crippen molar-refractivity contribution in [3.63, 3.8) is 0 Å². The molecule has 0 atom stereocenters. The smallest absolute Gasteiger partial charge is 0.213 e. The molecule has 0 aliphatic carbocycles. The van der Waals surface area contributed by atoms with Crippen LogP contribution in [0.4, 0.5) is 0 Å². The van der Waals surface area contributed by atoms with E-state index >= 15 is 0 Å². The third-order valence-corrected chi connectivity index (χ3v) is 4.12. The molecule has 0 aromatic rings. The summed E-state index contributed by atoms with van der Waals surface area (Å²) in [6.07, 6.45) is 0.801. The molecule has 0 aromatic heterocycles. The Balaban J connectivity index is 4.19. The van der Waals surface area contributed by atoms with Crippen molar-refractivity contribution < 1.29 is 8.42 Å². The van der Waals surface area contributed by atoms with Crippen LogP contribution in [0.1, 0.15) is 34.1 Å². The van der Waals surface area contributed by atoms with Gasteiger partial charge in [0.2, 0.25) is 10.0 Å². The van der Waals surface area contributed by atoms with Crippen LogP contribution < -0.4 is 4.72 Å². The summed E-state index contributed by atoms with van der Waals surface area (Å²) in [5.41, 5.74) is -0.0797. The highest BCUT2D eigenvalue weighted by Gasteiger charge is 2.22. The van der Waals surface area contributed by atoms with Gasteiger partial charge in [0, 0.05) is 12.4 Å². The molecule has 0 spiro atoms. The van der Waals surface area contributed by atoms with Gasteiger partial charge in [0.25, 0.3) is 0 Å². The fourth-order valence-corrected chi connectivity index (χ4v) is 2.24. The normalized spacial score (nSPS) is 13.6. The molecule has 0 aliphatic heterocycles. The molecule has 14 heavy (non-hydrogen) atoms. The van der Waals surface area contributed by atoms with Crippen LogP contribution in [-0.2, 0) is 10.0 Å². The molecule has 5 heteroatoms. The molecule has 0 unspecified atom stereocenters. The lowest BCUT2D eigenvalue weighted by Gasteiger charge is -2.24. The molecule has 0 saturated carbocycles. The Hall–Kier alpha value is 0.200. The van der Waals surface area contributed by atoms with E-state index in [-0.39, 0.29) is 10.7 Å². The molecule has 1 N–H and O–H groups in total. The molecule has 3 nitrogen and oxygen atoms in total. The molecule has 0 amide bonds. The van der Waals surface area contributed by atoms with E-state index in [1.807, 2.05) is 13.8 Å². The summed E-state index contributed by atoms with van der Waals surface area (Å²) in [5.74, 6) is 0.552. The van der Waals surface area contributed by atoms with Crippen molar-refractivity contribution in [2.24, 2.45) is 5.41 Å². The maximum atomic E-state index is 11.4. The standard InChI is InChI=1S/C9H20ClNO2S/c1-8(2)14(12,13)11-7-9(3,4)5-6-10/h8,11H,5-7H2,1-4H3. The first-order valence-corrected chi connectivity index (χ1v) is 6.84. The Bertz CT molecular complexity index is 260. The van der Waals surface area contributed by atoms with E-state index < -0.39 is 10.0 Å². The lowest BCUT2D eigenvalue weighted by Crippen LogP contribution is -2.38. The van der Waals surface area contributed by atoms with Crippen molar-refractivity contribution in [3.05, 3.63) is 0 Å². The van der Waals surface area contributed by atoms with Crippen molar-refractivity contribution in [1.82, 2.24) is 4.72 Å². The number of halogens is 1. The van der Waals surface area contributed by atoms with E-state index in [1.54, 1.807) is 13.8 Å². The SMILES string of the molecule is CC(C)S(=O)(=O)NCC(C)(C)CCCl. The van der Waals surface area contributed by atoms with Gasteiger partial charge in [-0.15, -0.1) is 11.6 Å². The van der Waals surface area contributed by atoms with Gasteiger partial charge in [-0.05, 0) is 25.7 Å². The number of alkyl halides is 1. The third kappa shape index (κ3) is 5.17. The Morgan fingerprint density at radius 2 is 1.86 bits per heavy atom. The van der Waals surface area contributed by atoms with Crippen molar-refractivity contribution in [2.45, 2.75) is 39.4 Å². The molecule has 0 rings (SSSR count). The predicted octanol–water partition coefficient (Wildman–Crippen LogP) is 1.97. The highest BCUT2D eigenvalue weighted by atomic mass is 35.5. The highest BCUT2D eigenvalue weighted by Crippen LogP contribution is 2.20. The number of nitrogens with one attached hydrogen (secondary N) is 1. The molecule has 0 saturated heterocycles. The van der Waals surface area contributed by atoms with Gasteiger partial charge in [0.15, 0.2) is 0 Å². The van der Waals surface area contributed by atoms with E-state index in [2.05, 4.69) is 4.72 Å². The average molecular weight is 242 g/mol. The van der Waals surface area contributed by atoms with Gasteiger partial charge in [-0.25, -0.2) is 13.1 Å². The second kappa shape index (κ2) is 5.33. The molecule has 86 valence electrons. The zero-order valence-corrected chi connectivity index (χ0v) is 10.9. The first-order chi connectivity index (χ1) is 6.21. The molecule has 0 bridgehead atoms. The highest BCUT2D eigenvalue weighted by molar-refractivity contribution is 7.90. The average Bonchev–Trinajstić information content (AvgIpc) is 2.01. The lowest BCUT2D eigenvalue weighted by atomic mass is 9.91. The van der Waals surface area contributed by atoms with Gasteiger partial charge in [-0.3, -0.25) is 0 Å². The van der Waals surface area contributed by atoms with Gasteiger partial charge >= 0.3 is 0 Å². The topological polar surface area (TPSA) is 46.2 Å². The lowest BCUT2D eigenvalue weighted by molar-refractivity contribution is 0.352. The summed E-state index contributed by atoms with van der Waals surface area (Å²) < 4.78 is 25.5. The fraction of sp³-hybridized carbons (Fsp3) is 1.00. The third-order valence-electron chi connectivity index (χ3n) is 2.14. The van der Waals surface area contributed by atoms with Crippen LogP contribution >= 0.6 is 11.6 Å². The number of rotatable bonds is 6. The first kappa shape index (κ1) is 14.2. The van der Waals surface area contributed by atoms with Gasteiger partial charge in [0.05, 0.1) is 5.25 Å². The maximum Gasteiger partial charge on any atom is 0.213 e. The molecule has 0 aliphatic rings. The Labute approximate surface area is 92.3 Å². The summed E-state index contributed by atoms with van der Waals surface area (Å²) in [6, 6.07) is 0. The monoisotopic (exact) mass is 241 g/mol. The van der Waals surface area contributed by atoms with Crippen LogP contribution in [0.25, 0.3) is 0 Å². The molecular weight excluding hydrogens is 222 g/mol. The summed E-state index contributed by atoms with van der Waals surface area (Å²) in [6.45, 7) is 7.77. The summed E-state index contributed by atoms with van der Waals surface area (Å²) in [4.78, 5) is 0. The summed E-state index contributed by atoms with van der Waals surface area (Å²) in [7, 11) is -3.14. The molecule has 0 radical (unpaired) electrons. The van der Waals surface area contributed by atoms with Crippen LogP contribution in [0.5, 0.6) is 0 Å². The molecule has 0 aromatic carbocycles. The second-order valence-corrected chi connectivity index (χ2v) is 7.22. The molecular formula is C9H20ClNO2S. The summed E-state index contributed by atoms with van der Waals surface area (Å²) in [5, 5.41) is -0.380. The zero-order chi connectivity index (χ0) is 11.4. The number of hydrogen-bond donors (Lipinski definition) is 1. The van der Waals surface area contributed by atoms with E-state index in [0.29, 0.717) is 12.4 Å². The maximum absolute atomic E-state index is 11.4. The summed E-state index contributed by atoms with van der Waals surface area (Å²) >= 11 is 5.62. The Morgan fingerprint density at radius 3 is 2.21 bits per heavy atom. The largest absolute Gasteiger partial charge is 0.214 e.